The third-order valence-corrected chi connectivity index (χ3v) is 3.82. The van der Waals surface area contributed by atoms with E-state index in [1.165, 1.54) is 16.5 Å². The van der Waals surface area contributed by atoms with Crippen LogP contribution in [-0.2, 0) is 13.0 Å². The number of nitrogens with zero attached hydrogens (tertiary/aromatic N) is 2. The fraction of sp³-hybridized carbons (Fsp3) is 0.471. The molecule has 1 aromatic heterocycles. The quantitative estimate of drug-likeness (QED) is 0.781. The molecule has 1 unspecified atom stereocenters. The van der Waals surface area contributed by atoms with Crippen molar-refractivity contribution in [1.82, 2.24) is 4.57 Å². The van der Waals surface area contributed by atoms with E-state index in [2.05, 4.69) is 48.0 Å². The van der Waals surface area contributed by atoms with Crippen LogP contribution >= 0.6 is 0 Å². The minimum absolute atomic E-state index is 0.229. The normalized spacial score (nSPS) is 12.4. The van der Waals surface area contributed by atoms with E-state index < -0.39 is 0 Å². The van der Waals surface area contributed by atoms with E-state index in [1.807, 2.05) is 0 Å². The van der Waals surface area contributed by atoms with E-state index in [0.29, 0.717) is 6.42 Å². The van der Waals surface area contributed by atoms with E-state index in [9.17, 15) is 0 Å². The average Bonchev–Trinajstić information content (AvgIpc) is 2.82. The van der Waals surface area contributed by atoms with Crippen molar-refractivity contribution in [2.45, 2.75) is 51.6 Å². The number of unbranched alkanes of at least 4 members (excludes halogenated alkanes) is 2. The predicted octanol–water partition coefficient (Wildman–Crippen LogP) is 3.61. The van der Waals surface area contributed by atoms with Crippen LogP contribution in [0.3, 0.4) is 0 Å². The second-order valence-corrected chi connectivity index (χ2v) is 5.35. The van der Waals surface area contributed by atoms with Crippen LogP contribution in [0.1, 0.15) is 38.2 Å². The molecule has 1 heterocycles. The van der Waals surface area contributed by atoms with Crippen molar-refractivity contribution in [3.63, 3.8) is 0 Å². The maximum Gasteiger partial charge on any atom is 0.0621 e. The molecular formula is C17H23N3. The molecule has 1 atom stereocenters. The van der Waals surface area contributed by atoms with Gasteiger partial charge in [0.15, 0.2) is 0 Å². The van der Waals surface area contributed by atoms with Crippen LogP contribution in [0.4, 0.5) is 0 Å². The summed E-state index contributed by atoms with van der Waals surface area (Å²) >= 11 is 0. The number of nitriles is 1. The number of para-hydroxylation sites is 1. The van der Waals surface area contributed by atoms with E-state index in [0.717, 1.165) is 32.2 Å². The van der Waals surface area contributed by atoms with Crippen LogP contribution in [0, 0.1) is 11.3 Å². The topological polar surface area (TPSA) is 54.7 Å². The second kappa shape index (κ2) is 7.12. The lowest BCUT2D eigenvalue weighted by molar-refractivity contribution is 0.622. The van der Waals surface area contributed by atoms with Crippen LogP contribution in [0.5, 0.6) is 0 Å². The highest BCUT2D eigenvalue weighted by Gasteiger charge is 2.10. The molecule has 0 spiro atoms. The first-order chi connectivity index (χ1) is 9.76. The standard InChI is InChI=1S/C17H23N3/c1-2-15(19)12-14-13-20(11-7-3-6-10-18)17-9-5-4-8-16(14)17/h4-5,8-9,13,15H,2-3,6-7,11-12,19H2,1H3. The van der Waals surface area contributed by atoms with Crippen LogP contribution < -0.4 is 5.73 Å². The van der Waals surface area contributed by atoms with Crippen molar-refractivity contribution in [2.75, 3.05) is 0 Å². The fourth-order valence-corrected chi connectivity index (χ4v) is 2.58. The summed E-state index contributed by atoms with van der Waals surface area (Å²) in [6.45, 7) is 3.11. The molecule has 3 heteroatoms. The monoisotopic (exact) mass is 269 g/mol. The predicted molar refractivity (Wildman–Crippen MR) is 83.4 cm³/mol. The summed E-state index contributed by atoms with van der Waals surface area (Å²) in [5, 5.41) is 9.91. The summed E-state index contributed by atoms with van der Waals surface area (Å²) in [6, 6.07) is 10.9. The van der Waals surface area contributed by atoms with Gasteiger partial charge in [-0.05, 0) is 37.3 Å². The molecule has 0 aliphatic heterocycles. The smallest absolute Gasteiger partial charge is 0.0621 e. The van der Waals surface area contributed by atoms with Crippen LogP contribution in [0.25, 0.3) is 10.9 Å². The maximum atomic E-state index is 8.59. The van der Waals surface area contributed by atoms with Crippen molar-refractivity contribution in [3.05, 3.63) is 36.0 Å². The summed E-state index contributed by atoms with van der Waals surface area (Å²) in [6.07, 6.45) is 6.83. The number of nitrogens with two attached hydrogens (primary N) is 1. The van der Waals surface area contributed by atoms with E-state index in [-0.39, 0.29) is 6.04 Å². The highest BCUT2D eigenvalue weighted by atomic mass is 15.0. The number of benzene rings is 1. The Morgan fingerprint density at radius 1 is 1.30 bits per heavy atom. The van der Waals surface area contributed by atoms with Gasteiger partial charge in [0.25, 0.3) is 0 Å². The Balaban J connectivity index is 2.19. The summed E-state index contributed by atoms with van der Waals surface area (Å²) in [5.41, 5.74) is 8.72. The van der Waals surface area contributed by atoms with E-state index in [1.54, 1.807) is 0 Å². The lowest BCUT2D eigenvalue weighted by Crippen LogP contribution is -2.21. The van der Waals surface area contributed by atoms with Crippen LogP contribution in [0.2, 0.25) is 0 Å². The average molecular weight is 269 g/mol. The highest BCUT2D eigenvalue weighted by molar-refractivity contribution is 5.84. The lowest BCUT2D eigenvalue weighted by atomic mass is 10.0. The highest BCUT2D eigenvalue weighted by Crippen LogP contribution is 2.23. The molecule has 0 aliphatic rings. The summed E-state index contributed by atoms with van der Waals surface area (Å²) in [5.74, 6) is 0. The van der Waals surface area contributed by atoms with Gasteiger partial charge in [0.2, 0.25) is 0 Å². The zero-order chi connectivity index (χ0) is 14.4. The second-order valence-electron chi connectivity index (χ2n) is 5.35. The largest absolute Gasteiger partial charge is 0.347 e. The number of rotatable bonds is 7. The number of hydrogen-bond donors (Lipinski definition) is 1. The molecule has 20 heavy (non-hydrogen) atoms. The lowest BCUT2D eigenvalue weighted by Gasteiger charge is -2.06. The molecule has 0 saturated heterocycles. The minimum atomic E-state index is 0.229. The molecule has 0 amide bonds. The molecule has 2 N–H and O–H groups in total. The molecule has 2 rings (SSSR count). The number of hydrogen-bond acceptors (Lipinski definition) is 2. The molecule has 0 bridgehead atoms. The first kappa shape index (κ1) is 14.6. The Bertz CT molecular complexity index is 592. The van der Waals surface area contributed by atoms with Gasteiger partial charge >= 0.3 is 0 Å². The Kier molecular flexibility index (Phi) is 5.20. The van der Waals surface area contributed by atoms with Gasteiger partial charge in [0, 0.05) is 36.1 Å². The van der Waals surface area contributed by atoms with Crippen molar-refractivity contribution in [1.29, 1.82) is 5.26 Å². The van der Waals surface area contributed by atoms with Gasteiger partial charge in [0.1, 0.15) is 0 Å². The Morgan fingerprint density at radius 2 is 2.10 bits per heavy atom. The first-order valence-corrected chi connectivity index (χ1v) is 7.45. The third-order valence-electron chi connectivity index (χ3n) is 3.82. The Hall–Kier alpha value is -1.79. The first-order valence-electron chi connectivity index (χ1n) is 7.45. The van der Waals surface area contributed by atoms with Gasteiger partial charge in [-0.1, -0.05) is 25.1 Å². The van der Waals surface area contributed by atoms with Crippen LogP contribution in [0.15, 0.2) is 30.5 Å². The van der Waals surface area contributed by atoms with Crippen molar-refractivity contribution >= 4 is 10.9 Å². The van der Waals surface area contributed by atoms with Crippen molar-refractivity contribution in [2.24, 2.45) is 5.73 Å². The van der Waals surface area contributed by atoms with Gasteiger partial charge in [0.05, 0.1) is 6.07 Å². The van der Waals surface area contributed by atoms with Gasteiger partial charge in [-0.3, -0.25) is 0 Å². The molecule has 106 valence electrons. The van der Waals surface area contributed by atoms with Gasteiger partial charge in [-0.15, -0.1) is 0 Å². The molecule has 0 saturated carbocycles. The van der Waals surface area contributed by atoms with E-state index >= 15 is 0 Å². The van der Waals surface area contributed by atoms with Crippen molar-refractivity contribution in [3.8, 4) is 6.07 Å². The molecule has 2 aromatic rings. The minimum Gasteiger partial charge on any atom is -0.347 e. The molecule has 0 fully saturated rings. The number of aromatic nitrogens is 1. The summed E-state index contributed by atoms with van der Waals surface area (Å²) in [4.78, 5) is 0. The third kappa shape index (κ3) is 3.40. The number of fused-ring (bicyclic) bond motifs is 1. The summed E-state index contributed by atoms with van der Waals surface area (Å²) < 4.78 is 2.31. The van der Waals surface area contributed by atoms with Crippen molar-refractivity contribution < 1.29 is 0 Å². The van der Waals surface area contributed by atoms with Gasteiger partial charge in [-0.25, -0.2) is 0 Å². The molecular weight excluding hydrogens is 246 g/mol. The SMILES string of the molecule is CCC(N)Cc1cn(CCCCC#N)c2ccccc12. The maximum absolute atomic E-state index is 8.59. The zero-order valence-electron chi connectivity index (χ0n) is 12.2. The van der Waals surface area contributed by atoms with Gasteiger partial charge in [-0.2, -0.15) is 5.26 Å². The molecule has 0 aliphatic carbocycles. The molecule has 3 nitrogen and oxygen atoms in total. The zero-order valence-corrected chi connectivity index (χ0v) is 12.2. The summed E-state index contributed by atoms with van der Waals surface area (Å²) in [7, 11) is 0. The van der Waals surface area contributed by atoms with E-state index in [4.69, 9.17) is 11.0 Å². The Morgan fingerprint density at radius 3 is 2.85 bits per heavy atom. The fourth-order valence-electron chi connectivity index (χ4n) is 2.58. The molecule has 1 aromatic carbocycles. The Labute approximate surface area is 121 Å². The number of aryl methyl sites for hydroxylation is 1. The molecule has 0 radical (unpaired) electrons. The van der Waals surface area contributed by atoms with Crippen LogP contribution in [-0.4, -0.2) is 10.6 Å². The van der Waals surface area contributed by atoms with Gasteiger partial charge < -0.3 is 10.3 Å².